The number of piperidine rings is 1. The van der Waals surface area contributed by atoms with Crippen LogP contribution in [0.3, 0.4) is 0 Å². The van der Waals surface area contributed by atoms with Crippen molar-refractivity contribution in [3.8, 4) is 0 Å². The molecule has 2 aliphatic heterocycles. The maximum Gasteiger partial charge on any atom is 0.282 e. The van der Waals surface area contributed by atoms with Crippen LogP contribution >= 0.6 is 0 Å². The molecule has 2 aliphatic rings. The predicted octanol–water partition coefficient (Wildman–Crippen LogP) is 4.86. The maximum absolute atomic E-state index is 13.7. The molecule has 0 spiro atoms. The van der Waals surface area contributed by atoms with E-state index in [9.17, 15) is 9.59 Å². The number of rotatable bonds is 6. The lowest BCUT2D eigenvalue weighted by atomic mass is 9.97. The van der Waals surface area contributed by atoms with Gasteiger partial charge in [0.2, 0.25) is 0 Å². The summed E-state index contributed by atoms with van der Waals surface area (Å²) in [6.45, 7) is 11.9. The monoisotopic (exact) mass is 431 g/mol. The van der Waals surface area contributed by atoms with Gasteiger partial charge in [-0.25, -0.2) is 4.90 Å². The number of likely N-dealkylation sites (tertiary alicyclic amines) is 1. The van der Waals surface area contributed by atoms with E-state index in [4.69, 9.17) is 0 Å². The van der Waals surface area contributed by atoms with Gasteiger partial charge in [-0.3, -0.25) is 9.59 Å². The molecule has 0 saturated carbocycles. The van der Waals surface area contributed by atoms with E-state index >= 15 is 0 Å². The van der Waals surface area contributed by atoms with Gasteiger partial charge in [-0.1, -0.05) is 36.8 Å². The van der Waals surface area contributed by atoms with Crippen LogP contribution in [0.15, 0.2) is 54.2 Å². The fourth-order valence-corrected chi connectivity index (χ4v) is 4.66. The molecular weight excluding hydrogens is 398 g/mol. The van der Waals surface area contributed by atoms with Gasteiger partial charge in [-0.15, -0.1) is 0 Å². The highest BCUT2D eigenvalue weighted by Crippen LogP contribution is 2.37. The molecule has 0 aromatic heterocycles. The normalized spacial score (nSPS) is 17.5. The largest absolute Gasteiger partial charge is 0.372 e. The van der Waals surface area contributed by atoms with Crippen LogP contribution < -0.4 is 9.80 Å². The van der Waals surface area contributed by atoms with Gasteiger partial charge in [0.15, 0.2) is 0 Å². The quantitative estimate of drug-likeness (QED) is 0.613. The Morgan fingerprint density at radius 3 is 2.03 bits per heavy atom. The van der Waals surface area contributed by atoms with Crippen molar-refractivity contribution in [2.45, 2.75) is 40.5 Å². The van der Waals surface area contributed by atoms with Crippen LogP contribution in [0, 0.1) is 12.8 Å². The summed E-state index contributed by atoms with van der Waals surface area (Å²) in [4.78, 5) is 33.1. The zero-order valence-corrected chi connectivity index (χ0v) is 19.6. The van der Waals surface area contributed by atoms with Crippen molar-refractivity contribution in [3.63, 3.8) is 0 Å². The van der Waals surface area contributed by atoms with Crippen LogP contribution in [0.5, 0.6) is 0 Å². The van der Waals surface area contributed by atoms with Crippen molar-refractivity contribution in [3.05, 3.63) is 65.4 Å². The molecule has 168 valence electrons. The van der Waals surface area contributed by atoms with E-state index in [0.717, 1.165) is 55.8 Å². The molecule has 2 aromatic carbocycles. The van der Waals surface area contributed by atoms with Crippen LogP contribution in [-0.4, -0.2) is 42.9 Å². The predicted molar refractivity (Wildman–Crippen MR) is 131 cm³/mol. The third-order valence-electron chi connectivity index (χ3n) is 6.74. The van der Waals surface area contributed by atoms with Crippen molar-refractivity contribution < 1.29 is 9.59 Å². The van der Waals surface area contributed by atoms with Gasteiger partial charge in [-0.05, 0) is 69.4 Å². The van der Waals surface area contributed by atoms with Gasteiger partial charge >= 0.3 is 0 Å². The van der Waals surface area contributed by atoms with E-state index in [0.29, 0.717) is 22.9 Å². The minimum absolute atomic E-state index is 0.212. The van der Waals surface area contributed by atoms with Crippen LogP contribution in [0.2, 0.25) is 0 Å². The highest BCUT2D eigenvalue weighted by molar-refractivity contribution is 6.45. The Morgan fingerprint density at radius 1 is 0.875 bits per heavy atom. The summed E-state index contributed by atoms with van der Waals surface area (Å²) < 4.78 is 0. The number of amides is 2. The van der Waals surface area contributed by atoms with Gasteiger partial charge in [0.25, 0.3) is 11.8 Å². The van der Waals surface area contributed by atoms with Crippen molar-refractivity contribution in [2.24, 2.45) is 5.92 Å². The Bertz CT molecular complexity index is 1010. The lowest BCUT2D eigenvalue weighted by Gasteiger charge is -2.32. The minimum atomic E-state index is -0.233. The first-order chi connectivity index (χ1) is 15.4. The maximum atomic E-state index is 13.7. The average Bonchev–Trinajstić information content (AvgIpc) is 3.06. The summed E-state index contributed by atoms with van der Waals surface area (Å²) in [6, 6.07) is 15.7. The molecule has 1 saturated heterocycles. The van der Waals surface area contributed by atoms with Gasteiger partial charge in [0.1, 0.15) is 5.70 Å². The third-order valence-corrected chi connectivity index (χ3v) is 6.74. The van der Waals surface area contributed by atoms with Gasteiger partial charge < -0.3 is 9.80 Å². The number of nitrogens with zero attached hydrogens (tertiary/aromatic N) is 3. The van der Waals surface area contributed by atoms with Crippen LogP contribution in [0.4, 0.5) is 11.4 Å². The summed E-state index contributed by atoms with van der Waals surface area (Å²) >= 11 is 0. The van der Waals surface area contributed by atoms with Gasteiger partial charge in [-0.2, -0.15) is 0 Å². The van der Waals surface area contributed by atoms with E-state index < -0.39 is 0 Å². The number of imide groups is 1. The van der Waals surface area contributed by atoms with Crippen LogP contribution in [0.25, 0.3) is 5.57 Å². The second-order valence-electron chi connectivity index (χ2n) is 8.89. The summed E-state index contributed by atoms with van der Waals surface area (Å²) in [7, 11) is 0. The molecule has 0 bridgehead atoms. The number of carbonyl (C=O) groups excluding carboxylic acids is 2. The molecule has 5 heteroatoms. The second kappa shape index (κ2) is 9.19. The summed E-state index contributed by atoms with van der Waals surface area (Å²) in [5.41, 5.74) is 4.74. The lowest BCUT2D eigenvalue weighted by Crippen LogP contribution is -2.38. The molecule has 5 nitrogen and oxygen atoms in total. The van der Waals surface area contributed by atoms with E-state index in [2.05, 4.69) is 30.6 Å². The van der Waals surface area contributed by atoms with Crippen molar-refractivity contribution in [2.75, 3.05) is 36.0 Å². The molecule has 0 radical (unpaired) electrons. The minimum Gasteiger partial charge on any atom is -0.372 e. The molecule has 0 aliphatic carbocycles. The fraction of sp³-hybridized carbons (Fsp3) is 0.407. The van der Waals surface area contributed by atoms with Crippen molar-refractivity contribution >= 4 is 28.8 Å². The zero-order chi connectivity index (χ0) is 22.8. The van der Waals surface area contributed by atoms with Gasteiger partial charge in [0, 0.05) is 31.9 Å². The van der Waals surface area contributed by atoms with E-state index in [-0.39, 0.29) is 11.8 Å². The molecule has 2 amide bonds. The SMILES string of the molecule is CCN(CC)c1ccc(N2C(=O)C(c3ccc(C)cc3)=C(N3CCC(C)CC3)C2=O)cc1. The number of benzene rings is 2. The Morgan fingerprint density at radius 2 is 1.47 bits per heavy atom. The molecule has 0 unspecified atom stereocenters. The Labute approximate surface area is 191 Å². The number of aryl methyl sites for hydroxylation is 1. The van der Waals surface area contributed by atoms with Crippen molar-refractivity contribution in [1.29, 1.82) is 0 Å². The third kappa shape index (κ3) is 4.04. The number of carbonyl (C=O) groups is 2. The Kier molecular flexibility index (Phi) is 6.35. The molecular formula is C27H33N3O2. The fourth-order valence-electron chi connectivity index (χ4n) is 4.66. The van der Waals surface area contributed by atoms with Gasteiger partial charge in [0.05, 0.1) is 11.3 Å². The first kappa shape index (κ1) is 22.1. The molecule has 0 atom stereocenters. The molecule has 2 heterocycles. The Balaban J connectivity index is 1.72. The number of hydrogen-bond acceptors (Lipinski definition) is 4. The first-order valence-corrected chi connectivity index (χ1v) is 11.7. The average molecular weight is 432 g/mol. The standard InChI is InChI=1S/C27H33N3O2/c1-5-28(6-2)22-11-13-23(14-12-22)30-26(31)24(21-9-7-19(3)8-10-21)25(27(30)32)29-17-15-20(4)16-18-29/h7-14,20H,5-6,15-18H2,1-4H3. The number of anilines is 2. The second-order valence-corrected chi connectivity index (χ2v) is 8.89. The molecule has 2 aromatic rings. The van der Waals surface area contributed by atoms with E-state index in [1.165, 1.54) is 4.90 Å². The summed E-state index contributed by atoms with van der Waals surface area (Å²) in [5, 5.41) is 0. The summed E-state index contributed by atoms with van der Waals surface area (Å²) in [5.74, 6) is 0.199. The Hall–Kier alpha value is -3.08. The lowest BCUT2D eigenvalue weighted by molar-refractivity contribution is -0.120. The smallest absolute Gasteiger partial charge is 0.282 e. The molecule has 0 N–H and O–H groups in total. The van der Waals surface area contributed by atoms with E-state index in [1.807, 2.05) is 55.5 Å². The zero-order valence-electron chi connectivity index (χ0n) is 19.6. The van der Waals surface area contributed by atoms with Crippen molar-refractivity contribution in [1.82, 2.24) is 4.90 Å². The molecule has 1 fully saturated rings. The summed E-state index contributed by atoms with van der Waals surface area (Å²) in [6.07, 6.45) is 2.06. The highest BCUT2D eigenvalue weighted by Gasteiger charge is 2.42. The molecule has 32 heavy (non-hydrogen) atoms. The van der Waals surface area contributed by atoms with E-state index in [1.54, 1.807) is 0 Å². The molecule has 4 rings (SSSR count). The van der Waals surface area contributed by atoms with Crippen LogP contribution in [-0.2, 0) is 9.59 Å². The van der Waals surface area contributed by atoms with Crippen LogP contribution in [0.1, 0.15) is 44.7 Å². The number of hydrogen-bond donors (Lipinski definition) is 0. The topological polar surface area (TPSA) is 43.9 Å². The first-order valence-electron chi connectivity index (χ1n) is 11.7. The highest BCUT2D eigenvalue weighted by atomic mass is 16.2.